The summed E-state index contributed by atoms with van der Waals surface area (Å²) in [4.78, 5) is 17.0. The zero-order valence-corrected chi connectivity index (χ0v) is 13.1. The summed E-state index contributed by atoms with van der Waals surface area (Å²) < 4.78 is 1.70. The molecule has 7 nitrogen and oxygen atoms in total. The van der Waals surface area contributed by atoms with Gasteiger partial charge in [-0.2, -0.15) is 5.10 Å². The van der Waals surface area contributed by atoms with Gasteiger partial charge in [0.05, 0.1) is 11.8 Å². The summed E-state index contributed by atoms with van der Waals surface area (Å²) in [7, 11) is 0. The van der Waals surface area contributed by atoms with Crippen LogP contribution in [0.15, 0.2) is 6.07 Å². The van der Waals surface area contributed by atoms with Crippen molar-refractivity contribution in [3.8, 4) is 0 Å². The smallest absolute Gasteiger partial charge is 0.257 e. The molecule has 0 radical (unpaired) electrons. The van der Waals surface area contributed by atoms with Gasteiger partial charge in [-0.25, -0.2) is 9.50 Å². The van der Waals surface area contributed by atoms with Gasteiger partial charge in [-0.05, 0) is 26.8 Å². The van der Waals surface area contributed by atoms with Gasteiger partial charge in [0.25, 0.3) is 5.91 Å². The number of β-amino-alcohol motifs (C(OH)–C–C–N with tert-alkyl or cyclic N) is 1. The number of nitrogens with one attached hydrogen (secondary N) is 2. The van der Waals surface area contributed by atoms with E-state index in [-0.39, 0.29) is 11.8 Å². The molecule has 1 saturated heterocycles. The van der Waals surface area contributed by atoms with Gasteiger partial charge in [-0.3, -0.25) is 4.79 Å². The highest BCUT2D eigenvalue weighted by Gasteiger charge is 2.26. The minimum absolute atomic E-state index is 0.0440. The third-order valence-corrected chi connectivity index (χ3v) is 4.13. The van der Waals surface area contributed by atoms with E-state index in [1.54, 1.807) is 4.52 Å². The highest BCUT2D eigenvalue weighted by Crippen LogP contribution is 2.16. The number of hydrogen-bond acceptors (Lipinski definition) is 5. The minimum Gasteiger partial charge on any atom is -0.391 e. The van der Waals surface area contributed by atoms with Crippen LogP contribution in [0.3, 0.4) is 0 Å². The summed E-state index contributed by atoms with van der Waals surface area (Å²) in [5.74, 6) is -0.147. The van der Waals surface area contributed by atoms with Crippen molar-refractivity contribution in [3.63, 3.8) is 0 Å². The van der Waals surface area contributed by atoms with Gasteiger partial charge < -0.3 is 15.7 Å². The SMILES string of the molecule is Cc1cc(C)n2nc(C)c(C(=O)NCC3CNCC3O)c2n1. The van der Waals surface area contributed by atoms with Gasteiger partial charge in [0.1, 0.15) is 5.56 Å². The zero-order chi connectivity index (χ0) is 15.9. The lowest BCUT2D eigenvalue weighted by Gasteiger charge is -2.13. The molecule has 1 fully saturated rings. The topological polar surface area (TPSA) is 91.6 Å². The Bertz CT molecular complexity index is 724. The number of rotatable bonds is 3. The lowest BCUT2D eigenvalue weighted by molar-refractivity contribution is 0.0928. The Labute approximate surface area is 128 Å². The number of carbonyl (C=O) groups is 1. The monoisotopic (exact) mass is 303 g/mol. The van der Waals surface area contributed by atoms with E-state index < -0.39 is 6.10 Å². The van der Waals surface area contributed by atoms with Crippen LogP contribution in [-0.4, -0.2) is 51.4 Å². The van der Waals surface area contributed by atoms with Crippen molar-refractivity contribution >= 4 is 11.6 Å². The molecule has 2 atom stereocenters. The van der Waals surface area contributed by atoms with E-state index in [1.807, 2.05) is 26.8 Å². The summed E-state index contributed by atoms with van der Waals surface area (Å²) in [6.45, 7) is 7.38. The Kier molecular flexibility index (Phi) is 3.84. The third-order valence-electron chi connectivity index (χ3n) is 4.13. The van der Waals surface area contributed by atoms with Crippen molar-refractivity contribution in [3.05, 3.63) is 28.7 Å². The van der Waals surface area contributed by atoms with Crippen LogP contribution in [0.25, 0.3) is 5.65 Å². The highest BCUT2D eigenvalue weighted by molar-refractivity contribution is 6.01. The van der Waals surface area contributed by atoms with Gasteiger partial charge in [0, 0.05) is 36.9 Å². The molecule has 3 N–H and O–H groups in total. The predicted molar refractivity (Wildman–Crippen MR) is 81.9 cm³/mol. The second kappa shape index (κ2) is 5.66. The fourth-order valence-corrected chi connectivity index (χ4v) is 2.93. The molecule has 2 aromatic heterocycles. The molecule has 0 bridgehead atoms. The molecule has 3 rings (SSSR count). The molecule has 0 spiro atoms. The molecule has 2 aromatic rings. The molecule has 7 heteroatoms. The van der Waals surface area contributed by atoms with E-state index in [0.29, 0.717) is 36.5 Å². The van der Waals surface area contributed by atoms with E-state index in [2.05, 4.69) is 20.7 Å². The second-order valence-electron chi connectivity index (χ2n) is 5.93. The molecule has 118 valence electrons. The van der Waals surface area contributed by atoms with E-state index in [1.165, 1.54) is 0 Å². The molecule has 0 aliphatic carbocycles. The van der Waals surface area contributed by atoms with Crippen molar-refractivity contribution < 1.29 is 9.90 Å². The first-order valence-electron chi connectivity index (χ1n) is 7.48. The average Bonchev–Trinajstić information content (AvgIpc) is 2.99. The second-order valence-corrected chi connectivity index (χ2v) is 5.93. The summed E-state index contributed by atoms with van der Waals surface area (Å²) in [5.41, 5.74) is 3.54. The molecule has 1 aliphatic rings. The van der Waals surface area contributed by atoms with Crippen molar-refractivity contribution in [1.82, 2.24) is 25.2 Å². The Hall–Kier alpha value is -1.99. The zero-order valence-electron chi connectivity index (χ0n) is 13.1. The standard InChI is InChI=1S/C15H21N5O2/c1-8-4-9(2)20-14(18-8)13(10(3)19-20)15(22)17-6-11-5-16-7-12(11)21/h4,11-12,16,21H,5-7H2,1-3H3,(H,17,22). The minimum atomic E-state index is -0.409. The van der Waals surface area contributed by atoms with Crippen LogP contribution >= 0.6 is 0 Å². The maximum absolute atomic E-state index is 12.5. The predicted octanol–water partition coefficient (Wildman–Crippen LogP) is -0.0353. The first-order valence-corrected chi connectivity index (χ1v) is 7.48. The summed E-state index contributed by atoms with van der Waals surface area (Å²) in [6, 6.07) is 1.93. The number of aliphatic hydroxyl groups is 1. The number of hydrogen-bond donors (Lipinski definition) is 3. The van der Waals surface area contributed by atoms with Crippen LogP contribution < -0.4 is 10.6 Å². The van der Waals surface area contributed by atoms with Crippen LogP contribution in [0.4, 0.5) is 0 Å². The van der Waals surface area contributed by atoms with Crippen molar-refractivity contribution in [2.75, 3.05) is 19.6 Å². The van der Waals surface area contributed by atoms with Gasteiger partial charge >= 0.3 is 0 Å². The van der Waals surface area contributed by atoms with Gasteiger partial charge in [0.2, 0.25) is 0 Å². The molecule has 1 aliphatic heterocycles. The number of fused-ring (bicyclic) bond motifs is 1. The van der Waals surface area contributed by atoms with Gasteiger partial charge in [0.15, 0.2) is 5.65 Å². The lowest BCUT2D eigenvalue weighted by atomic mass is 10.1. The van der Waals surface area contributed by atoms with E-state index in [4.69, 9.17) is 0 Å². The van der Waals surface area contributed by atoms with Crippen LogP contribution in [-0.2, 0) is 0 Å². The number of aliphatic hydroxyl groups excluding tert-OH is 1. The van der Waals surface area contributed by atoms with E-state index in [0.717, 1.165) is 11.4 Å². The van der Waals surface area contributed by atoms with Crippen LogP contribution in [0.5, 0.6) is 0 Å². The number of nitrogens with zero attached hydrogens (tertiary/aromatic N) is 3. The molecular weight excluding hydrogens is 282 g/mol. The molecule has 22 heavy (non-hydrogen) atoms. The maximum Gasteiger partial charge on any atom is 0.257 e. The largest absolute Gasteiger partial charge is 0.391 e. The highest BCUT2D eigenvalue weighted by atomic mass is 16.3. The van der Waals surface area contributed by atoms with Gasteiger partial charge in [-0.15, -0.1) is 0 Å². The summed E-state index contributed by atoms with van der Waals surface area (Å²) in [6.07, 6.45) is -0.409. The Morgan fingerprint density at radius 2 is 2.23 bits per heavy atom. The number of carbonyl (C=O) groups excluding carboxylic acids is 1. The third kappa shape index (κ3) is 2.57. The Balaban J connectivity index is 1.86. The summed E-state index contributed by atoms with van der Waals surface area (Å²) >= 11 is 0. The van der Waals surface area contributed by atoms with E-state index >= 15 is 0 Å². The first-order chi connectivity index (χ1) is 10.5. The molecular formula is C15H21N5O2. The van der Waals surface area contributed by atoms with E-state index in [9.17, 15) is 9.90 Å². The quantitative estimate of drug-likeness (QED) is 0.740. The normalized spacial score (nSPS) is 21.5. The summed E-state index contributed by atoms with van der Waals surface area (Å²) in [5, 5.41) is 20.2. The van der Waals surface area contributed by atoms with Gasteiger partial charge in [-0.1, -0.05) is 0 Å². The molecule has 2 unspecified atom stereocenters. The molecule has 0 saturated carbocycles. The van der Waals surface area contributed by atoms with Crippen molar-refractivity contribution in [1.29, 1.82) is 0 Å². The first kappa shape index (κ1) is 14.9. The molecule has 1 amide bonds. The van der Waals surface area contributed by atoms with Crippen LogP contribution in [0.1, 0.15) is 27.4 Å². The lowest BCUT2D eigenvalue weighted by Crippen LogP contribution is -2.34. The van der Waals surface area contributed by atoms with Crippen LogP contribution in [0.2, 0.25) is 0 Å². The average molecular weight is 303 g/mol. The van der Waals surface area contributed by atoms with Crippen molar-refractivity contribution in [2.45, 2.75) is 26.9 Å². The Morgan fingerprint density at radius 3 is 2.91 bits per heavy atom. The number of aryl methyl sites for hydroxylation is 3. The van der Waals surface area contributed by atoms with Crippen molar-refractivity contribution in [2.24, 2.45) is 5.92 Å². The number of amides is 1. The number of aromatic nitrogens is 3. The fraction of sp³-hybridized carbons (Fsp3) is 0.533. The maximum atomic E-state index is 12.5. The van der Waals surface area contributed by atoms with Crippen LogP contribution in [0, 0.1) is 26.7 Å². The molecule has 3 heterocycles. The fourth-order valence-electron chi connectivity index (χ4n) is 2.93. The molecule has 0 aromatic carbocycles. The Morgan fingerprint density at radius 1 is 1.45 bits per heavy atom.